The van der Waals surface area contributed by atoms with Crippen molar-refractivity contribution in [2.75, 3.05) is 58.0 Å². The lowest BCUT2D eigenvalue weighted by atomic mass is 10.1. The van der Waals surface area contributed by atoms with Crippen LogP contribution in [0.4, 0.5) is 5.69 Å². The Hall–Kier alpha value is -1.31. The Kier molecular flexibility index (Phi) is 8.23. The zero-order valence-electron chi connectivity index (χ0n) is 16.1. The molecule has 2 aliphatic heterocycles. The van der Waals surface area contributed by atoms with Crippen LogP contribution >= 0.6 is 15.9 Å². The topological polar surface area (TPSA) is 58.1 Å². The van der Waals surface area contributed by atoms with Crippen LogP contribution in [0.1, 0.15) is 19.3 Å². The number of aliphatic imine (C=N–C) groups is 1. The summed E-state index contributed by atoms with van der Waals surface area (Å²) in [6.07, 6.45) is 3.22. The number of hydrogen-bond donors (Lipinski definition) is 2. The van der Waals surface area contributed by atoms with Gasteiger partial charge in [-0.2, -0.15) is 0 Å². The maximum absolute atomic E-state index is 5.75. The van der Waals surface area contributed by atoms with Crippen molar-refractivity contribution in [2.24, 2.45) is 10.9 Å². The zero-order chi connectivity index (χ0) is 18.9. The first-order valence-electron chi connectivity index (χ1n) is 9.88. The summed E-state index contributed by atoms with van der Waals surface area (Å²) in [6, 6.07) is 8.93. The van der Waals surface area contributed by atoms with E-state index in [4.69, 9.17) is 9.47 Å². The van der Waals surface area contributed by atoms with E-state index in [2.05, 4.69) is 60.7 Å². The molecule has 1 aromatic rings. The minimum atomic E-state index is 0.415. The zero-order valence-corrected chi connectivity index (χ0v) is 17.7. The summed E-state index contributed by atoms with van der Waals surface area (Å²) in [6.45, 7) is 6.27. The van der Waals surface area contributed by atoms with Gasteiger partial charge >= 0.3 is 0 Å². The number of nitrogens with zero attached hydrogens (tertiary/aromatic N) is 2. The van der Waals surface area contributed by atoms with Crippen LogP contribution < -0.4 is 15.5 Å². The van der Waals surface area contributed by atoms with Crippen molar-refractivity contribution >= 4 is 27.6 Å². The van der Waals surface area contributed by atoms with Gasteiger partial charge in [0.1, 0.15) is 0 Å². The first kappa shape index (κ1) is 20.4. The molecule has 2 heterocycles. The molecule has 2 unspecified atom stereocenters. The van der Waals surface area contributed by atoms with Gasteiger partial charge in [-0.3, -0.25) is 4.99 Å². The third-order valence-corrected chi connectivity index (χ3v) is 5.61. The van der Waals surface area contributed by atoms with Crippen LogP contribution in [0.3, 0.4) is 0 Å². The molecule has 2 fully saturated rings. The van der Waals surface area contributed by atoms with Crippen molar-refractivity contribution < 1.29 is 9.47 Å². The Labute approximate surface area is 170 Å². The molecule has 2 N–H and O–H groups in total. The van der Waals surface area contributed by atoms with Gasteiger partial charge in [-0.25, -0.2) is 0 Å². The summed E-state index contributed by atoms with van der Waals surface area (Å²) in [5.74, 6) is 1.46. The van der Waals surface area contributed by atoms with E-state index in [1.54, 1.807) is 0 Å². The van der Waals surface area contributed by atoms with Gasteiger partial charge in [0.15, 0.2) is 5.96 Å². The molecule has 3 rings (SSSR count). The van der Waals surface area contributed by atoms with Crippen LogP contribution in [0, 0.1) is 5.92 Å². The minimum Gasteiger partial charge on any atom is -0.381 e. The highest BCUT2D eigenvalue weighted by Gasteiger charge is 2.23. The molecular weight excluding hydrogens is 408 g/mol. The SMILES string of the molecule is CN=C(NCCCOCC1CCOC1)NC1CCN(c2ccc(Br)cc2)C1. The molecule has 0 aromatic heterocycles. The minimum absolute atomic E-state index is 0.415. The predicted molar refractivity (Wildman–Crippen MR) is 114 cm³/mol. The second-order valence-corrected chi connectivity index (χ2v) is 8.13. The second kappa shape index (κ2) is 10.9. The Morgan fingerprint density at radius 1 is 1.33 bits per heavy atom. The Bertz CT molecular complexity index is 590. The first-order valence-corrected chi connectivity index (χ1v) is 10.7. The molecule has 150 valence electrons. The maximum Gasteiger partial charge on any atom is 0.191 e. The third-order valence-electron chi connectivity index (χ3n) is 5.08. The molecule has 0 saturated carbocycles. The molecule has 2 saturated heterocycles. The molecule has 7 heteroatoms. The summed E-state index contributed by atoms with van der Waals surface area (Å²) in [5.41, 5.74) is 1.27. The highest BCUT2D eigenvalue weighted by molar-refractivity contribution is 9.10. The number of halogens is 1. The number of anilines is 1. The number of benzene rings is 1. The average Bonchev–Trinajstić information content (AvgIpc) is 3.36. The van der Waals surface area contributed by atoms with Crippen LogP contribution in [0.5, 0.6) is 0 Å². The van der Waals surface area contributed by atoms with Gasteiger partial charge < -0.3 is 25.0 Å². The van der Waals surface area contributed by atoms with Crippen molar-refractivity contribution in [1.29, 1.82) is 0 Å². The second-order valence-electron chi connectivity index (χ2n) is 7.21. The molecule has 0 aliphatic carbocycles. The lowest BCUT2D eigenvalue weighted by molar-refractivity contribution is 0.0888. The van der Waals surface area contributed by atoms with E-state index >= 15 is 0 Å². The van der Waals surface area contributed by atoms with Gasteiger partial charge in [0, 0.05) is 62.0 Å². The van der Waals surface area contributed by atoms with Crippen LogP contribution in [-0.2, 0) is 9.47 Å². The van der Waals surface area contributed by atoms with Gasteiger partial charge in [0.2, 0.25) is 0 Å². The lowest BCUT2D eigenvalue weighted by Gasteiger charge is -2.20. The van der Waals surface area contributed by atoms with Crippen LogP contribution in [0.15, 0.2) is 33.7 Å². The average molecular weight is 439 g/mol. The molecule has 2 aliphatic rings. The summed E-state index contributed by atoms with van der Waals surface area (Å²) >= 11 is 3.50. The maximum atomic E-state index is 5.75. The van der Waals surface area contributed by atoms with Crippen molar-refractivity contribution in [3.8, 4) is 0 Å². The molecule has 0 spiro atoms. The molecule has 0 radical (unpaired) electrons. The highest BCUT2D eigenvalue weighted by Crippen LogP contribution is 2.22. The van der Waals surface area contributed by atoms with E-state index in [0.717, 1.165) is 75.8 Å². The molecule has 6 nitrogen and oxygen atoms in total. The normalized spacial score (nSPS) is 23.0. The van der Waals surface area contributed by atoms with Crippen molar-refractivity contribution in [2.45, 2.75) is 25.3 Å². The third kappa shape index (κ3) is 6.66. The quantitative estimate of drug-likeness (QED) is 0.371. The van der Waals surface area contributed by atoms with Crippen molar-refractivity contribution in [3.63, 3.8) is 0 Å². The molecule has 0 amide bonds. The number of hydrogen-bond acceptors (Lipinski definition) is 4. The van der Waals surface area contributed by atoms with Crippen LogP contribution in [0.25, 0.3) is 0 Å². The molecule has 1 aromatic carbocycles. The number of nitrogens with one attached hydrogen (secondary N) is 2. The Morgan fingerprint density at radius 2 is 2.19 bits per heavy atom. The fraction of sp³-hybridized carbons (Fsp3) is 0.650. The molecule has 0 bridgehead atoms. The predicted octanol–water partition coefficient (Wildman–Crippen LogP) is 2.64. The van der Waals surface area contributed by atoms with Gasteiger partial charge in [0.25, 0.3) is 0 Å². The van der Waals surface area contributed by atoms with Crippen LogP contribution in [-0.4, -0.2) is 65.1 Å². The van der Waals surface area contributed by atoms with Crippen molar-refractivity contribution in [3.05, 3.63) is 28.7 Å². The first-order chi connectivity index (χ1) is 13.2. The summed E-state index contributed by atoms with van der Waals surface area (Å²) < 4.78 is 12.2. The van der Waals surface area contributed by atoms with E-state index in [1.165, 1.54) is 5.69 Å². The van der Waals surface area contributed by atoms with Gasteiger partial charge in [-0.15, -0.1) is 0 Å². The largest absolute Gasteiger partial charge is 0.381 e. The highest BCUT2D eigenvalue weighted by atomic mass is 79.9. The molecular formula is C20H31BrN4O2. The summed E-state index contributed by atoms with van der Waals surface area (Å²) in [5, 5.41) is 6.94. The Morgan fingerprint density at radius 3 is 2.93 bits per heavy atom. The van der Waals surface area contributed by atoms with Gasteiger partial charge in [-0.05, 0) is 43.5 Å². The molecule has 27 heavy (non-hydrogen) atoms. The van der Waals surface area contributed by atoms with Crippen LogP contribution in [0.2, 0.25) is 0 Å². The fourth-order valence-corrected chi connectivity index (χ4v) is 3.76. The smallest absolute Gasteiger partial charge is 0.191 e. The van der Waals surface area contributed by atoms with Crippen molar-refractivity contribution in [1.82, 2.24) is 10.6 Å². The summed E-state index contributed by atoms with van der Waals surface area (Å²) in [7, 11) is 1.83. The number of rotatable bonds is 8. The van der Waals surface area contributed by atoms with Gasteiger partial charge in [0.05, 0.1) is 13.2 Å². The van der Waals surface area contributed by atoms with E-state index in [1.807, 2.05) is 7.05 Å². The molecule has 2 atom stereocenters. The van der Waals surface area contributed by atoms with Gasteiger partial charge in [-0.1, -0.05) is 15.9 Å². The standard InChI is InChI=1S/C20H31BrN4O2/c1-22-20(23-9-2-11-26-14-16-8-12-27-15-16)24-18-7-10-25(13-18)19-5-3-17(21)4-6-19/h3-6,16,18H,2,7-15H2,1H3,(H2,22,23,24). The number of ether oxygens (including phenoxy) is 2. The van der Waals surface area contributed by atoms with E-state index < -0.39 is 0 Å². The van der Waals surface area contributed by atoms with E-state index in [-0.39, 0.29) is 0 Å². The summed E-state index contributed by atoms with van der Waals surface area (Å²) in [4.78, 5) is 6.77. The van der Waals surface area contributed by atoms with E-state index in [0.29, 0.717) is 12.0 Å². The number of guanidine groups is 1. The lowest BCUT2D eigenvalue weighted by Crippen LogP contribution is -2.45. The van der Waals surface area contributed by atoms with E-state index in [9.17, 15) is 0 Å². The fourth-order valence-electron chi connectivity index (χ4n) is 3.50. The monoisotopic (exact) mass is 438 g/mol. The Balaban J connectivity index is 1.30.